The quantitative estimate of drug-likeness (QED) is 0.426. The first-order valence-electron chi connectivity index (χ1n) is 4.18. The number of alkyl halides is 3. The van der Waals surface area contributed by atoms with Crippen LogP contribution in [-0.4, -0.2) is 52.6 Å². The smallest absolute Gasteiger partial charge is 0.480 e. The molecular formula is C7H11F3N2O5S. The van der Waals surface area contributed by atoms with Gasteiger partial charge in [-0.3, -0.25) is 9.59 Å². The minimum atomic E-state index is -5.08. The van der Waals surface area contributed by atoms with E-state index in [0.717, 1.165) is 0 Å². The summed E-state index contributed by atoms with van der Waals surface area (Å²) < 4.78 is 31.7. The van der Waals surface area contributed by atoms with Gasteiger partial charge in [0.2, 0.25) is 5.91 Å². The van der Waals surface area contributed by atoms with Gasteiger partial charge in [-0.25, -0.2) is 4.79 Å². The van der Waals surface area contributed by atoms with Gasteiger partial charge in [0.15, 0.2) is 0 Å². The van der Waals surface area contributed by atoms with Crippen molar-refractivity contribution in [1.29, 1.82) is 0 Å². The summed E-state index contributed by atoms with van der Waals surface area (Å²) in [5.74, 6) is -4.15. The van der Waals surface area contributed by atoms with Crippen LogP contribution in [0.5, 0.6) is 0 Å². The highest BCUT2D eigenvalue weighted by Gasteiger charge is 2.38. The van der Waals surface area contributed by atoms with Crippen molar-refractivity contribution in [3.8, 4) is 0 Å². The largest absolute Gasteiger partial charge is 0.490 e. The van der Waals surface area contributed by atoms with E-state index in [1.807, 2.05) is 0 Å². The first kappa shape index (κ1) is 18.9. The van der Waals surface area contributed by atoms with E-state index in [2.05, 4.69) is 17.9 Å². The van der Waals surface area contributed by atoms with Gasteiger partial charge in [0, 0.05) is 5.75 Å². The van der Waals surface area contributed by atoms with Gasteiger partial charge < -0.3 is 21.3 Å². The summed E-state index contributed by atoms with van der Waals surface area (Å²) in [6.45, 7) is -0.402. The van der Waals surface area contributed by atoms with Gasteiger partial charge in [-0.15, -0.1) is 0 Å². The summed E-state index contributed by atoms with van der Waals surface area (Å²) in [5, 5.41) is 17.4. The molecule has 0 radical (unpaired) electrons. The third-order valence-electron chi connectivity index (χ3n) is 1.19. The van der Waals surface area contributed by atoms with Crippen molar-refractivity contribution in [2.75, 3.05) is 12.3 Å². The Kier molecular flexibility index (Phi) is 8.99. The van der Waals surface area contributed by atoms with E-state index in [1.54, 1.807) is 0 Å². The molecule has 0 aromatic carbocycles. The third-order valence-corrected chi connectivity index (χ3v) is 1.58. The zero-order valence-corrected chi connectivity index (χ0v) is 9.66. The maximum absolute atomic E-state index is 10.7. The van der Waals surface area contributed by atoms with E-state index in [4.69, 9.17) is 20.7 Å². The number of nitrogens with two attached hydrogens (primary N) is 1. The van der Waals surface area contributed by atoms with Crippen LogP contribution < -0.4 is 11.1 Å². The molecule has 0 aliphatic heterocycles. The Hall–Kier alpha value is -1.49. The average molecular weight is 292 g/mol. The van der Waals surface area contributed by atoms with Crippen molar-refractivity contribution >= 4 is 30.5 Å². The summed E-state index contributed by atoms with van der Waals surface area (Å²) in [6, 6.07) is -0.738. The Bertz CT molecular complexity index is 310. The van der Waals surface area contributed by atoms with E-state index >= 15 is 0 Å². The number of carboxylic acids is 2. The highest BCUT2D eigenvalue weighted by Crippen LogP contribution is 2.13. The normalized spacial score (nSPS) is 11.8. The summed E-state index contributed by atoms with van der Waals surface area (Å²) >= 11 is 3.77. The number of hydrogen-bond donors (Lipinski definition) is 5. The van der Waals surface area contributed by atoms with Crippen LogP contribution in [0.3, 0.4) is 0 Å². The molecule has 7 nitrogen and oxygen atoms in total. The van der Waals surface area contributed by atoms with E-state index in [1.165, 1.54) is 0 Å². The van der Waals surface area contributed by atoms with Crippen LogP contribution in [-0.2, 0) is 14.4 Å². The van der Waals surface area contributed by atoms with Crippen LogP contribution in [0.25, 0.3) is 0 Å². The molecule has 11 heteroatoms. The first-order chi connectivity index (χ1) is 8.02. The van der Waals surface area contributed by atoms with Crippen LogP contribution >= 0.6 is 12.6 Å². The minimum Gasteiger partial charge on any atom is -0.480 e. The third kappa shape index (κ3) is 11.0. The molecule has 0 aliphatic carbocycles. The molecule has 0 aromatic heterocycles. The van der Waals surface area contributed by atoms with Crippen molar-refractivity contribution in [2.24, 2.45) is 5.73 Å². The van der Waals surface area contributed by atoms with E-state index in [0.29, 0.717) is 0 Å². The Balaban J connectivity index is 0. The maximum atomic E-state index is 10.7. The molecule has 0 fully saturated rings. The molecule has 0 bridgehead atoms. The lowest BCUT2D eigenvalue weighted by molar-refractivity contribution is -0.192. The predicted molar refractivity (Wildman–Crippen MR) is 56.2 cm³/mol. The van der Waals surface area contributed by atoms with Crippen molar-refractivity contribution in [3.05, 3.63) is 0 Å². The molecule has 0 aromatic rings. The van der Waals surface area contributed by atoms with Crippen LogP contribution in [0, 0.1) is 0 Å². The molecule has 0 aliphatic rings. The second-order valence-corrected chi connectivity index (χ2v) is 3.07. The van der Waals surface area contributed by atoms with E-state index in [-0.39, 0.29) is 5.75 Å². The highest BCUT2D eigenvalue weighted by molar-refractivity contribution is 7.80. The van der Waals surface area contributed by atoms with E-state index < -0.39 is 36.6 Å². The fraction of sp³-hybridized carbons (Fsp3) is 0.571. The number of carbonyl (C=O) groups excluding carboxylic acids is 1. The number of thiol groups is 1. The molecule has 1 unspecified atom stereocenters. The van der Waals surface area contributed by atoms with Gasteiger partial charge in [0.05, 0.1) is 6.04 Å². The zero-order valence-electron chi connectivity index (χ0n) is 8.77. The van der Waals surface area contributed by atoms with Crippen molar-refractivity contribution in [1.82, 2.24) is 5.32 Å². The molecule has 18 heavy (non-hydrogen) atoms. The first-order valence-corrected chi connectivity index (χ1v) is 4.81. The fourth-order valence-electron chi connectivity index (χ4n) is 0.377. The Morgan fingerprint density at radius 2 is 1.67 bits per heavy atom. The molecule has 0 heterocycles. The Morgan fingerprint density at radius 3 is 1.89 bits per heavy atom. The predicted octanol–water partition coefficient (Wildman–Crippen LogP) is -0.922. The molecule has 1 amide bonds. The van der Waals surface area contributed by atoms with Crippen LogP contribution in [0.2, 0.25) is 0 Å². The SMILES string of the molecule is NC(CS)C(=O)NCC(=O)O.O=C(O)C(F)(F)F. The number of rotatable bonds is 4. The lowest BCUT2D eigenvalue weighted by Gasteiger charge is -2.06. The van der Waals surface area contributed by atoms with Crippen LogP contribution in [0.15, 0.2) is 0 Å². The molecule has 106 valence electrons. The lowest BCUT2D eigenvalue weighted by atomic mass is 10.3. The fourth-order valence-corrected chi connectivity index (χ4v) is 0.543. The molecule has 0 rings (SSSR count). The monoisotopic (exact) mass is 292 g/mol. The lowest BCUT2D eigenvalue weighted by Crippen LogP contribution is -2.43. The minimum absolute atomic E-state index is 0.200. The van der Waals surface area contributed by atoms with E-state index in [9.17, 15) is 22.8 Å². The number of halogens is 3. The topological polar surface area (TPSA) is 130 Å². The summed E-state index contributed by atoms with van der Waals surface area (Å²) in [5.41, 5.74) is 5.22. The van der Waals surface area contributed by atoms with Gasteiger partial charge in [-0.1, -0.05) is 0 Å². The van der Waals surface area contributed by atoms with Crippen LogP contribution in [0.4, 0.5) is 13.2 Å². The summed E-state index contributed by atoms with van der Waals surface area (Å²) in [4.78, 5) is 29.6. The van der Waals surface area contributed by atoms with Crippen molar-refractivity contribution < 1.29 is 37.8 Å². The summed E-state index contributed by atoms with van der Waals surface area (Å²) in [6.07, 6.45) is -5.08. The molecule has 5 N–H and O–H groups in total. The summed E-state index contributed by atoms with van der Waals surface area (Å²) in [7, 11) is 0. The Labute approximate surface area is 105 Å². The van der Waals surface area contributed by atoms with Crippen molar-refractivity contribution in [3.63, 3.8) is 0 Å². The molecular weight excluding hydrogens is 281 g/mol. The van der Waals surface area contributed by atoms with Gasteiger partial charge in [-0.05, 0) is 0 Å². The number of carboxylic acid groups (broad SMARTS) is 2. The number of nitrogens with one attached hydrogen (secondary N) is 1. The zero-order chi connectivity index (χ0) is 14.9. The average Bonchev–Trinajstić information content (AvgIpc) is 2.24. The maximum Gasteiger partial charge on any atom is 0.490 e. The van der Waals surface area contributed by atoms with Gasteiger partial charge in [0.1, 0.15) is 6.54 Å². The molecule has 0 saturated carbocycles. The highest BCUT2D eigenvalue weighted by atomic mass is 32.1. The molecule has 0 saturated heterocycles. The second kappa shape index (κ2) is 8.58. The Morgan fingerprint density at radius 1 is 1.28 bits per heavy atom. The molecule has 0 spiro atoms. The number of carbonyl (C=O) groups is 3. The van der Waals surface area contributed by atoms with Gasteiger partial charge >= 0.3 is 18.1 Å². The van der Waals surface area contributed by atoms with Gasteiger partial charge in [-0.2, -0.15) is 25.8 Å². The number of hydrogen-bond acceptors (Lipinski definition) is 5. The number of amides is 1. The van der Waals surface area contributed by atoms with Crippen LogP contribution in [0.1, 0.15) is 0 Å². The molecule has 1 atom stereocenters. The second-order valence-electron chi connectivity index (χ2n) is 2.70. The van der Waals surface area contributed by atoms with Crippen molar-refractivity contribution in [2.45, 2.75) is 12.2 Å². The standard InChI is InChI=1S/C5H10N2O3S.C2HF3O2/c6-3(2-11)5(10)7-1-4(8)9;3-2(4,5)1(6)7/h3,11H,1-2,6H2,(H,7,10)(H,8,9);(H,6,7). The van der Waals surface area contributed by atoms with Gasteiger partial charge in [0.25, 0.3) is 0 Å². The number of aliphatic carboxylic acids is 2.